The summed E-state index contributed by atoms with van der Waals surface area (Å²) in [6, 6.07) is 4.07. The van der Waals surface area contributed by atoms with Gasteiger partial charge in [0.2, 0.25) is 0 Å². The molecule has 0 amide bonds. The minimum absolute atomic E-state index is 1.18. The van der Waals surface area contributed by atoms with Crippen molar-refractivity contribution in [2.45, 2.75) is 0 Å². The van der Waals surface area contributed by atoms with E-state index < -0.39 is 0 Å². The van der Waals surface area contributed by atoms with Crippen LogP contribution in [0.3, 0.4) is 0 Å². The monoisotopic (exact) mass is 108 g/mol. The normalized spacial score (nSPS) is 9.25. The van der Waals surface area contributed by atoms with Crippen LogP contribution in [0, 0.1) is 0 Å². The molecule has 0 aromatic heterocycles. The van der Waals surface area contributed by atoms with Crippen LogP contribution < -0.4 is 5.73 Å². The standard InChI is InChI=1S/C5H3N.CH5N/c1-2-5-4(1)3-6-5;1-2/h1-3H;2H2,1H3. The second kappa shape index (κ2) is 1.92. The number of nitrogens with zero attached hydrogens (tertiary/aromatic N) is 1. The molecule has 1 heterocycles. The van der Waals surface area contributed by atoms with Crippen molar-refractivity contribution in [1.82, 2.24) is 4.98 Å². The highest BCUT2D eigenvalue weighted by Gasteiger charge is 2.06. The lowest BCUT2D eigenvalue weighted by molar-refractivity contribution is 1.23. The molecule has 0 aromatic rings. The Morgan fingerprint density at radius 1 is 1.38 bits per heavy atom. The van der Waals surface area contributed by atoms with E-state index in [2.05, 4.69) is 16.8 Å². The predicted molar refractivity (Wildman–Crippen MR) is 33.3 cm³/mol. The Kier molecular flexibility index (Phi) is 1.26. The molecule has 0 spiro atoms. The zero-order valence-corrected chi connectivity index (χ0v) is 4.76. The Balaban J connectivity index is 0.000000147. The summed E-state index contributed by atoms with van der Waals surface area (Å²) in [6.07, 6.45) is 1.87. The zero-order chi connectivity index (χ0) is 5.98. The molecule has 0 unspecified atom stereocenters. The van der Waals surface area contributed by atoms with Crippen LogP contribution in [0.4, 0.5) is 0 Å². The van der Waals surface area contributed by atoms with Crippen molar-refractivity contribution in [2.24, 2.45) is 5.73 Å². The van der Waals surface area contributed by atoms with E-state index in [9.17, 15) is 0 Å². The van der Waals surface area contributed by atoms with Gasteiger partial charge in [0.25, 0.3) is 0 Å². The van der Waals surface area contributed by atoms with Crippen LogP contribution in [0.1, 0.15) is 0 Å². The van der Waals surface area contributed by atoms with Crippen LogP contribution in [0.2, 0.25) is 0 Å². The minimum Gasteiger partial charge on any atom is -0.333 e. The van der Waals surface area contributed by atoms with Gasteiger partial charge >= 0.3 is 0 Å². The van der Waals surface area contributed by atoms with Crippen molar-refractivity contribution in [1.29, 1.82) is 0 Å². The second-order valence-electron chi connectivity index (χ2n) is 1.43. The van der Waals surface area contributed by atoms with E-state index in [-0.39, 0.29) is 0 Å². The average Bonchev–Trinajstić information content (AvgIpc) is 1.83. The van der Waals surface area contributed by atoms with Gasteiger partial charge in [-0.2, -0.15) is 0 Å². The molecule has 2 nitrogen and oxygen atoms in total. The maximum absolute atomic E-state index is 4.50. The summed E-state index contributed by atoms with van der Waals surface area (Å²) in [6.45, 7) is 0. The molecule has 0 saturated carbocycles. The number of pyridine rings is 1. The maximum atomic E-state index is 4.50. The van der Waals surface area contributed by atoms with Gasteiger partial charge in [-0.1, -0.05) is 0 Å². The number of nitrogens with two attached hydrogens (primary N) is 1. The largest absolute Gasteiger partial charge is 0.333 e. The first kappa shape index (κ1) is 5.25. The highest BCUT2D eigenvalue weighted by Crippen LogP contribution is 2.25. The summed E-state index contributed by atoms with van der Waals surface area (Å²) < 4.78 is 0. The lowest BCUT2D eigenvalue weighted by Gasteiger charge is -2.08. The van der Waals surface area contributed by atoms with Crippen LogP contribution in [0.15, 0.2) is 18.3 Å². The van der Waals surface area contributed by atoms with Crippen molar-refractivity contribution in [3.63, 3.8) is 0 Å². The van der Waals surface area contributed by atoms with Gasteiger partial charge in [-0.25, -0.2) is 0 Å². The quantitative estimate of drug-likeness (QED) is 0.537. The van der Waals surface area contributed by atoms with E-state index in [4.69, 9.17) is 0 Å². The summed E-state index contributed by atoms with van der Waals surface area (Å²) in [4.78, 5) is 3.91. The summed E-state index contributed by atoms with van der Waals surface area (Å²) in [5.74, 6) is 0. The Labute approximate surface area is 48.4 Å². The van der Waals surface area contributed by atoms with E-state index in [1.54, 1.807) is 0 Å². The Bertz CT molecular complexity index is 145. The lowest BCUT2D eigenvalue weighted by atomic mass is 10.1. The van der Waals surface area contributed by atoms with Crippen molar-refractivity contribution < 1.29 is 0 Å². The number of hydrogen-bond donors (Lipinski definition) is 1. The van der Waals surface area contributed by atoms with Gasteiger partial charge in [-0.05, 0) is 19.2 Å². The summed E-state index contributed by atoms with van der Waals surface area (Å²) >= 11 is 0. The SMILES string of the molecule is CN.c1cc2ncc1-2. The van der Waals surface area contributed by atoms with Gasteiger partial charge in [0.1, 0.15) is 0 Å². The van der Waals surface area contributed by atoms with E-state index >= 15 is 0 Å². The van der Waals surface area contributed by atoms with Gasteiger partial charge in [-0.15, -0.1) is 0 Å². The third kappa shape index (κ3) is 0.502. The van der Waals surface area contributed by atoms with Gasteiger partial charge in [0, 0.05) is 11.8 Å². The first-order valence-electron chi connectivity index (χ1n) is 2.51. The van der Waals surface area contributed by atoms with E-state index in [0.717, 1.165) is 0 Å². The van der Waals surface area contributed by atoms with Crippen LogP contribution in [-0.2, 0) is 0 Å². The highest BCUT2D eigenvalue weighted by atomic mass is 14.7. The molecule has 42 valence electrons. The minimum atomic E-state index is 1.18. The van der Waals surface area contributed by atoms with Gasteiger partial charge in [0.05, 0.1) is 5.69 Å². The van der Waals surface area contributed by atoms with E-state index in [0.29, 0.717) is 0 Å². The molecule has 2 N–H and O–H groups in total. The molecular weight excluding hydrogens is 100 g/mol. The summed E-state index contributed by atoms with van der Waals surface area (Å²) in [5, 5.41) is 0. The molecule has 0 aromatic carbocycles. The fourth-order valence-corrected chi connectivity index (χ4v) is 0.554. The molecule has 0 fully saturated rings. The fourth-order valence-electron chi connectivity index (χ4n) is 0.554. The number of hydrogen-bond acceptors (Lipinski definition) is 2. The molecule has 1 aliphatic carbocycles. The highest BCUT2D eigenvalue weighted by molar-refractivity contribution is 5.68. The van der Waals surface area contributed by atoms with E-state index in [1.807, 2.05) is 12.3 Å². The Hall–Kier alpha value is -0.890. The molecule has 1 aliphatic heterocycles. The number of aromatic nitrogens is 1. The first-order valence-corrected chi connectivity index (χ1v) is 2.51. The summed E-state index contributed by atoms with van der Waals surface area (Å²) in [5.41, 5.74) is 6.99. The van der Waals surface area contributed by atoms with Crippen molar-refractivity contribution in [3.05, 3.63) is 18.3 Å². The topological polar surface area (TPSA) is 38.9 Å². The van der Waals surface area contributed by atoms with Crippen molar-refractivity contribution in [2.75, 3.05) is 7.05 Å². The maximum Gasteiger partial charge on any atom is 0.0717 e. The van der Waals surface area contributed by atoms with Crippen LogP contribution in [0.25, 0.3) is 11.3 Å². The van der Waals surface area contributed by atoms with Gasteiger partial charge in [-0.3, -0.25) is 4.98 Å². The lowest BCUT2D eigenvalue weighted by Crippen LogP contribution is -1.92. The number of fused-ring (bicyclic) bond motifs is 1. The molecule has 2 heteroatoms. The van der Waals surface area contributed by atoms with Crippen molar-refractivity contribution >= 4 is 0 Å². The molecule has 2 rings (SSSR count). The molecule has 0 saturated heterocycles. The first-order chi connectivity index (χ1) is 3.97. The van der Waals surface area contributed by atoms with Crippen LogP contribution in [-0.4, -0.2) is 12.0 Å². The molecular formula is C6H8N2. The smallest absolute Gasteiger partial charge is 0.0717 e. The van der Waals surface area contributed by atoms with Crippen LogP contribution in [0.5, 0.6) is 0 Å². The Morgan fingerprint density at radius 3 is 2.00 bits per heavy atom. The molecule has 0 atom stereocenters. The third-order valence-corrected chi connectivity index (χ3v) is 1.06. The van der Waals surface area contributed by atoms with Gasteiger partial charge < -0.3 is 5.73 Å². The average molecular weight is 108 g/mol. The molecule has 8 heavy (non-hydrogen) atoms. The molecule has 0 bridgehead atoms. The fraction of sp³-hybridized carbons (Fsp3) is 0.167. The van der Waals surface area contributed by atoms with E-state index in [1.165, 1.54) is 18.3 Å². The second-order valence-corrected chi connectivity index (χ2v) is 1.43. The molecule has 0 radical (unpaired) electrons. The number of rotatable bonds is 0. The van der Waals surface area contributed by atoms with Gasteiger partial charge in [0.15, 0.2) is 0 Å². The van der Waals surface area contributed by atoms with Crippen molar-refractivity contribution in [3.8, 4) is 11.3 Å². The zero-order valence-electron chi connectivity index (χ0n) is 4.76. The summed E-state index contributed by atoms with van der Waals surface area (Å²) in [7, 11) is 1.50. The van der Waals surface area contributed by atoms with Crippen LogP contribution >= 0.6 is 0 Å². The molecule has 2 aliphatic rings. The predicted octanol–water partition coefficient (Wildman–Crippen LogP) is 0.637. The third-order valence-electron chi connectivity index (χ3n) is 1.06. The Morgan fingerprint density at radius 2 is 2.00 bits per heavy atom.